The van der Waals surface area contributed by atoms with Gasteiger partial charge in [-0.3, -0.25) is 9.59 Å². The molecule has 0 aromatic heterocycles. The van der Waals surface area contributed by atoms with Crippen LogP contribution in [-0.4, -0.2) is 49.5 Å². The molecule has 1 aromatic rings. The quantitative estimate of drug-likeness (QED) is 0.764. The third kappa shape index (κ3) is 3.55. The number of carbonyl (C=O) groups is 3. The Hall–Kier alpha value is -2.57. The van der Waals surface area contributed by atoms with Gasteiger partial charge in [0.2, 0.25) is 5.91 Å². The number of hydrogen-bond acceptors (Lipinski definition) is 4. The van der Waals surface area contributed by atoms with Crippen LogP contribution in [0, 0.1) is 0 Å². The number of para-hydroxylation sites is 1. The van der Waals surface area contributed by atoms with E-state index < -0.39 is 6.09 Å². The summed E-state index contributed by atoms with van der Waals surface area (Å²) in [7, 11) is 1.60. The van der Waals surface area contributed by atoms with E-state index >= 15 is 0 Å². The highest BCUT2D eigenvalue weighted by Crippen LogP contribution is 2.25. The van der Waals surface area contributed by atoms with Crippen LogP contribution in [0.1, 0.15) is 23.2 Å². The molecule has 0 saturated heterocycles. The van der Waals surface area contributed by atoms with E-state index in [2.05, 4.69) is 5.32 Å². The summed E-state index contributed by atoms with van der Waals surface area (Å²) in [6.07, 6.45) is -0.0921. The SMILES string of the molecule is CN1CC(=O)N(CCCCNC(=O)[O-])c2ccccc2C1=O. The van der Waals surface area contributed by atoms with Crippen molar-refractivity contribution in [1.82, 2.24) is 10.2 Å². The van der Waals surface area contributed by atoms with E-state index in [0.717, 1.165) is 0 Å². The van der Waals surface area contributed by atoms with Crippen molar-refractivity contribution < 1.29 is 19.5 Å². The molecule has 7 nitrogen and oxygen atoms in total. The predicted molar refractivity (Wildman–Crippen MR) is 78.4 cm³/mol. The van der Waals surface area contributed by atoms with E-state index in [9.17, 15) is 19.5 Å². The molecule has 0 aliphatic carbocycles. The molecule has 1 N–H and O–H groups in total. The van der Waals surface area contributed by atoms with Crippen LogP contribution in [-0.2, 0) is 4.79 Å². The van der Waals surface area contributed by atoms with Crippen LogP contribution < -0.4 is 15.3 Å². The highest BCUT2D eigenvalue weighted by atomic mass is 16.4. The number of anilines is 1. The molecular formula is C15H18N3O4-. The number of rotatable bonds is 5. The number of benzene rings is 1. The molecule has 22 heavy (non-hydrogen) atoms. The molecule has 2 rings (SSSR count). The van der Waals surface area contributed by atoms with Gasteiger partial charge in [0, 0.05) is 20.1 Å². The molecule has 0 spiro atoms. The standard InChI is InChI=1S/C15H19N3O4/c1-17-10-13(19)18(9-5-4-8-16-15(21)22)12-7-3-2-6-11(12)14(17)20/h2-3,6-7,16H,4-5,8-10H2,1H3,(H,21,22)/p-1. The van der Waals surface area contributed by atoms with Gasteiger partial charge in [0.25, 0.3) is 5.91 Å². The average Bonchev–Trinajstić information content (AvgIpc) is 2.57. The van der Waals surface area contributed by atoms with Gasteiger partial charge in [-0.2, -0.15) is 0 Å². The lowest BCUT2D eigenvalue weighted by Gasteiger charge is -2.22. The molecule has 0 radical (unpaired) electrons. The van der Waals surface area contributed by atoms with Gasteiger partial charge >= 0.3 is 0 Å². The summed E-state index contributed by atoms with van der Waals surface area (Å²) in [6.45, 7) is 0.751. The summed E-state index contributed by atoms with van der Waals surface area (Å²) >= 11 is 0. The fourth-order valence-corrected chi connectivity index (χ4v) is 2.42. The van der Waals surface area contributed by atoms with E-state index in [1.165, 1.54) is 4.90 Å². The maximum atomic E-state index is 12.3. The largest absolute Gasteiger partial charge is 0.530 e. The zero-order valence-corrected chi connectivity index (χ0v) is 12.4. The first-order chi connectivity index (χ1) is 10.5. The molecule has 0 atom stereocenters. The third-order valence-corrected chi connectivity index (χ3v) is 3.52. The van der Waals surface area contributed by atoms with Gasteiger partial charge < -0.3 is 25.0 Å². The maximum Gasteiger partial charge on any atom is 0.256 e. The van der Waals surface area contributed by atoms with Crippen molar-refractivity contribution in [3.05, 3.63) is 29.8 Å². The maximum absolute atomic E-state index is 12.3. The molecule has 118 valence electrons. The molecule has 0 saturated carbocycles. The summed E-state index contributed by atoms with van der Waals surface area (Å²) in [4.78, 5) is 37.8. The Labute approximate surface area is 128 Å². The number of fused-ring (bicyclic) bond motifs is 1. The van der Waals surface area contributed by atoms with Gasteiger partial charge in [-0.15, -0.1) is 0 Å². The molecule has 1 heterocycles. The number of likely N-dealkylation sites (N-methyl/N-ethyl adjacent to an activating group) is 1. The number of hydrogen-bond donors (Lipinski definition) is 1. The lowest BCUT2D eigenvalue weighted by atomic mass is 10.1. The Morgan fingerprint density at radius 2 is 2.00 bits per heavy atom. The highest BCUT2D eigenvalue weighted by Gasteiger charge is 2.28. The van der Waals surface area contributed by atoms with E-state index in [0.29, 0.717) is 30.6 Å². The van der Waals surface area contributed by atoms with Crippen molar-refractivity contribution in [2.75, 3.05) is 31.6 Å². The zero-order chi connectivity index (χ0) is 16.1. The normalized spacial score (nSPS) is 14.6. The van der Waals surface area contributed by atoms with Crippen molar-refractivity contribution in [2.45, 2.75) is 12.8 Å². The fraction of sp³-hybridized carbons (Fsp3) is 0.400. The third-order valence-electron chi connectivity index (χ3n) is 3.52. The van der Waals surface area contributed by atoms with Gasteiger partial charge in [-0.05, 0) is 25.0 Å². The Balaban J connectivity index is 2.09. The Kier molecular flexibility index (Phi) is 4.98. The van der Waals surface area contributed by atoms with Gasteiger partial charge in [0.05, 0.1) is 11.3 Å². The van der Waals surface area contributed by atoms with Crippen LogP contribution >= 0.6 is 0 Å². The number of unbranched alkanes of at least 4 members (excludes halogenated alkanes) is 1. The molecule has 1 aliphatic heterocycles. The second-order valence-electron chi connectivity index (χ2n) is 5.15. The first-order valence-corrected chi connectivity index (χ1v) is 7.10. The summed E-state index contributed by atoms with van der Waals surface area (Å²) in [5.74, 6) is -0.321. The van der Waals surface area contributed by atoms with E-state index in [-0.39, 0.29) is 24.9 Å². The second-order valence-corrected chi connectivity index (χ2v) is 5.15. The summed E-state index contributed by atoms with van der Waals surface area (Å²) in [6, 6.07) is 7.01. The van der Waals surface area contributed by atoms with Crippen molar-refractivity contribution in [2.24, 2.45) is 0 Å². The molecule has 0 unspecified atom stereocenters. The monoisotopic (exact) mass is 304 g/mol. The number of carbonyl (C=O) groups excluding carboxylic acids is 3. The minimum Gasteiger partial charge on any atom is -0.530 e. The van der Waals surface area contributed by atoms with Gasteiger partial charge in [-0.25, -0.2) is 0 Å². The van der Waals surface area contributed by atoms with Gasteiger partial charge in [0.15, 0.2) is 0 Å². The molecule has 3 amide bonds. The summed E-state index contributed by atoms with van der Waals surface area (Å²) in [5, 5.41) is 12.4. The second kappa shape index (κ2) is 6.93. The van der Waals surface area contributed by atoms with Crippen molar-refractivity contribution in [3.63, 3.8) is 0 Å². The number of nitrogens with one attached hydrogen (secondary N) is 1. The molecule has 7 heteroatoms. The number of nitrogens with zero attached hydrogens (tertiary/aromatic N) is 2. The van der Waals surface area contributed by atoms with Crippen molar-refractivity contribution >= 4 is 23.6 Å². The number of carboxylic acid groups (broad SMARTS) is 1. The lowest BCUT2D eigenvalue weighted by Crippen LogP contribution is -2.39. The summed E-state index contributed by atoms with van der Waals surface area (Å²) in [5.41, 5.74) is 1.11. The van der Waals surface area contributed by atoms with Crippen LogP contribution in [0.3, 0.4) is 0 Å². The molecule has 1 aliphatic rings. The highest BCUT2D eigenvalue weighted by molar-refractivity contribution is 6.09. The Bertz CT molecular complexity index is 588. The Morgan fingerprint density at radius 3 is 2.73 bits per heavy atom. The minimum atomic E-state index is -1.30. The smallest absolute Gasteiger partial charge is 0.256 e. The van der Waals surface area contributed by atoms with E-state index in [1.807, 2.05) is 0 Å². The van der Waals surface area contributed by atoms with Crippen LogP contribution in [0.15, 0.2) is 24.3 Å². The van der Waals surface area contributed by atoms with E-state index in [1.54, 1.807) is 36.2 Å². The molecular weight excluding hydrogens is 286 g/mol. The predicted octanol–water partition coefficient (Wildman–Crippen LogP) is -0.182. The van der Waals surface area contributed by atoms with Crippen molar-refractivity contribution in [1.29, 1.82) is 0 Å². The van der Waals surface area contributed by atoms with Crippen LogP contribution in [0.2, 0.25) is 0 Å². The average molecular weight is 304 g/mol. The van der Waals surface area contributed by atoms with Crippen LogP contribution in [0.4, 0.5) is 10.5 Å². The molecule has 0 fully saturated rings. The molecule has 1 aromatic carbocycles. The summed E-state index contributed by atoms with van der Waals surface area (Å²) < 4.78 is 0. The molecule has 0 bridgehead atoms. The van der Waals surface area contributed by atoms with E-state index in [4.69, 9.17) is 0 Å². The van der Waals surface area contributed by atoms with Crippen molar-refractivity contribution in [3.8, 4) is 0 Å². The Morgan fingerprint density at radius 1 is 1.27 bits per heavy atom. The zero-order valence-electron chi connectivity index (χ0n) is 12.4. The van der Waals surface area contributed by atoms with Gasteiger partial charge in [-0.1, -0.05) is 12.1 Å². The topological polar surface area (TPSA) is 92.8 Å². The lowest BCUT2D eigenvalue weighted by molar-refractivity contribution is -0.250. The van der Waals surface area contributed by atoms with Crippen LogP contribution in [0.25, 0.3) is 0 Å². The van der Waals surface area contributed by atoms with Gasteiger partial charge in [0.1, 0.15) is 12.6 Å². The number of amides is 3. The minimum absolute atomic E-state index is 0.0325. The van der Waals surface area contributed by atoms with Crippen LogP contribution in [0.5, 0.6) is 0 Å². The first kappa shape index (κ1) is 15.8. The first-order valence-electron chi connectivity index (χ1n) is 7.10. The fourth-order valence-electron chi connectivity index (χ4n) is 2.42.